The molecule has 0 fully saturated rings. The van der Waals surface area contributed by atoms with Gasteiger partial charge in [0.1, 0.15) is 5.82 Å². The third-order valence-corrected chi connectivity index (χ3v) is 2.56. The molecule has 2 aromatic rings. The Morgan fingerprint density at radius 1 is 1.39 bits per heavy atom. The Labute approximate surface area is 104 Å². The number of aromatic carboxylic acids is 1. The lowest BCUT2D eigenvalue weighted by Crippen LogP contribution is -2.15. The molecule has 0 aliphatic rings. The second-order valence-corrected chi connectivity index (χ2v) is 3.85. The molecule has 1 amide bonds. The maximum atomic E-state index is 13.0. The maximum absolute atomic E-state index is 13.0. The number of rotatable bonds is 3. The van der Waals surface area contributed by atoms with Crippen molar-refractivity contribution in [1.82, 2.24) is 9.59 Å². The van der Waals surface area contributed by atoms with Crippen molar-refractivity contribution in [3.8, 4) is 0 Å². The minimum absolute atomic E-state index is 0.0422. The first-order valence-corrected chi connectivity index (χ1v) is 5.53. The van der Waals surface area contributed by atoms with E-state index in [9.17, 15) is 14.0 Å². The summed E-state index contributed by atoms with van der Waals surface area (Å²) >= 11 is 0.980. The smallest absolute Gasteiger partial charge is 0.337 e. The van der Waals surface area contributed by atoms with Crippen molar-refractivity contribution in [2.75, 3.05) is 5.32 Å². The highest BCUT2D eigenvalue weighted by Crippen LogP contribution is 2.18. The lowest BCUT2D eigenvalue weighted by atomic mass is 10.1. The number of carboxylic acid groups (broad SMARTS) is 1. The molecule has 2 N–H and O–H groups in total. The molecular formula is C10H6FN3O3S. The highest BCUT2D eigenvalue weighted by atomic mass is 32.1. The fourth-order valence-corrected chi connectivity index (χ4v) is 1.69. The molecule has 0 aliphatic heterocycles. The molecule has 0 spiro atoms. The van der Waals surface area contributed by atoms with Gasteiger partial charge in [-0.15, -0.1) is 5.10 Å². The summed E-state index contributed by atoms with van der Waals surface area (Å²) in [6, 6.07) is 3.01. The number of anilines is 1. The summed E-state index contributed by atoms with van der Waals surface area (Å²) in [4.78, 5) is 22.5. The highest BCUT2D eigenvalue weighted by molar-refractivity contribution is 7.03. The van der Waals surface area contributed by atoms with Crippen LogP contribution in [0, 0.1) is 5.82 Å². The van der Waals surface area contributed by atoms with E-state index < -0.39 is 17.7 Å². The number of nitrogens with one attached hydrogen (secondary N) is 1. The molecule has 0 atom stereocenters. The van der Waals surface area contributed by atoms with Gasteiger partial charge in [-0.25, -0.2) is 9.18 Å². The fraction of sp³-hybridized carbons (Fsp3) is 0. The van der Waals surface area contributed by atoms with E-state index in [4.69, 9.17) is 5.11 Å². The van der Waals surface area contributed by atoms with Crippen LogP contribution in [0.2, 0.25) is 0 Å². The zero-order valence-electron chi connectivity index (χ0n) is 8.75. The van der Waals surface area contributed by atoms with Crippen LogP contribution in [0.4, 0.5) is 10.1 Å². The van der Waals surface area contributed by atoms with Gasteiger partial charge >= 0.3 is 5.97 Å². The molecule has 1 aromatic carbocycles. The minimum atomic E-state index is -1.26. The first-order valence-electron chi connectivity index (χ1n) is 4.69. The molecule has 1 heterocycles. The van der Waals surface area contributed by atoms with E-state index in [1.54, 1.807) is 0 Å². The summed E-state index contributed by atoms with van der Waals surface area (Å²) in [6.45, 7) is 0. The van der Waals surface area contributed by atoms with E-state index in [-0.39, 0.29) is 16.9 Å². The van der Waals surface area contributed by atoms with Crippen LogP contribution in [0.15, 0.2) is 23.6 Å². The Kier molecular flexibility index (Phi) is 3.28. The Balaban J connectivity index is 2.31. The van der Waals surface area contributed by atoms with E-state index in [0.717, 1.165) is 29.7 Å². The van der Waals surface area contributed by atoms with Gasteiger partial charge in [-0.3, -0.25) is 4.79 Å². The standard InChI is InChI=1S/C10H6FN3O3S/c11-5-1-2-6(10(16)17)7(3-5)12-9(15)8-4-18-14-13-8/h1-4H,(H,12,15)(H,16,17). The van der Waals surface area contributed by atoms with Crippen molar-refractivity contribution in [2.24, 2.45) is 0 Å². The summed E-state index contributed by atoms with van der Waals surface area (Å²) < 4.78 is 16.5. The molecule has 92 valence electrons. The average Bonchev–Trinajstić information content (AvgIpc) is 2.81. The molecule has 18 heavy (non-hydrogen) atoms. The van der Waals surface area contributed by atoms with Crippen molar-refractivity contribution in [2.45, 2.75) is 0 Å². The molecule has 0 saturated heterocycles. The zero-order chi connectivity index (χ0) is 13.1. The SMILES string of the molecule is O=C(Nc1cc(F)ccc1C(=O)O)c1csnn1. The summed E-state index contributed by atoms with van der Waals surface area (Å²) in [5.41, 5.74) is -0.283. The van der Waals surface area contributed by atoms with Gasteiger partial charge < -0.3 is 10.4 Å². The van der Waals surface area contributed by atoms with Gasteiger partial charge in [0, 0.05) is 5.38 Å². The van der Waals surface area contributed by atoms with Gasteiger partial charge in [-0.2, -0.15) is 0 Å². The molecular weight excluding hydrogens is 261 g/mol. The van der Waals surface area contributed by atoms with Gasteiger partial charge in [-0.05, 0) is 29.7 Å². The Hall–Kier alpha value is -2.35. The van der Waals surface area contributed by atoms with Crippen LogP contribution in [-0.4, -0.2) is 26.6 Å². The summed E-state index contributed by atoms with van der Waals surface area (Å²) in [5, 5.41) is 16.1. The summed E-state index contributed by atoms with van der Waals surface area (Å²) in [5.74, 6) is -2.55. The molecule has 0 unspecified atom stereocenters. The maximum Gasteiger partial charge on any atom is 0.337 e. The number of nitrogens with zero attached hydrogens (tertiary/aromatic N) is 2. The Morgan fingerprint density at radius 2 is 2.17 bits per heavy atom. The number of carbonyl (C=O) groups is 2. The lowest BCUT2D eigenvalue weighted by Gasteiger charge is -2.06. The van der Waals surface area contributed by atoms with Crippen LogP contribution in [0.5, 0.6) is 0 Å². The number of hydrogen-bond acceptors (Lipinski definition) is 5. The van der Waals surface area contributed by atoms with Crippen LogP contribution < -0.4 is 5.32 Å². The van der Waals surface area contributed by atoms with Gasteiger partial charge in [0.2, 0.25) is 0 Å². The van der Waals surface area contributed by atoms with Crippen LogP contribution in [-0.2, 0) is 0 Å². The van der Waals surface area contributed by atoms with Crippen LogP contribution >= 0.6 is 11.5 Å². The van der Waals surface area contributed by atoms with Crippen LogP contribution in [0.25, 0.3) is 0 Å². The minimum Gasteiger partial charge on any atom is -0.478 e. The van der Waals surface area contributed by atoms with Crippen molar-refractivity contribution in [3.63, 3.8) is 0 Å². The zero-order valence-corrected chi connectivity index (χ0v) is 9.57. The number of carboxylic acids is 1. The second kappa shape index (κ2) is 4.88. The normalized spacial score (nSPS) is 10.1. The molecule has 0 bridgehead atoms. The number of aromatic nitrogens is 2. The highest BCUT2D eigenvalue weighted by Gasteiger charge is 2.15. The van der Waals surface area contributed by atoms with E-state index in [1.807, 2.05) is 0 Å². The van der Waals surface area contributed by atoms with Crippen molar-refractivity contribution in [1.29, 1.82) is 0 Å². The first kappa shape index (κ1) is 12.1. The van der Waals surface area contributed by atoms with E-state index in [2.05, 4.69) is 14.9 Å². The van der Waals surface area contributed by atoms with Gasteiger partial charge in [-0.1, -0.05) is 4.49 Å². The monoisotopic (exact) mass is 267 g/mol. The number of hydrogen-bond donors (Lipinski definition) is 2. The number of amides is 1. The van der Waals surface area contributed by atoms with Crippen molar-refractivity contribution >= 4 is 29.1 Å². The van der Waals surface area contributed by atoms with E-state index in [0.29, 0.717) is 0 Å². The lowest BCUT2D eigenvalue weighted by molar-refractivity contribution is 0.0698. The van der Waals surface area contributed by atoms with Crippen LogP contribution in [0.1, 0.15) is 20.8 Å². The predicted octanol–water partition coefficient (Wildman–Crippen LogP) is 1.63. The summed E-state index contributed by atoms with van der Waals surface area (Å²) in [7, 11) is 0. The third kappa shape index (κ3) is 2.48. The van der Waals surface area contributed by atoms with Gasteiger partial charge in [0.05, 0.1) is 11.3 Å². The summed E-state index contributed by atoms with van der Waals surface area (Å²) in [6.07, 6.45) is 0. The fourth-order valence-electron chi connectivity index (χ4n) is 1.26. The number of carbonyl (C=O) groups excluding carboxylic acids is 1. The second-order valence-electron chi connectivity index (χ2n) is 3.24. The third-order valence-electron chi connectivity index (χ3n) is 2.05. The van der Waals surface area contributed by atoms with Crippen molar-refractivity contribution < 1.29 is 19.1 Å². The molecule has 2 rings (SSSR count). The van der Waals surface area contributed by atoms with Crippen molar-refractivity contribution in [3.05, 3.63) is 40.7 Å². The Bertz CT molecular complexity index is 600. The average molecular weight is 267 g/mol. The molecule has 0 radical (unpaired) electrons. The topological polar surface area (TPSA) is 92.2 Å². The number of benzene rings is 1. The molecule has 6 nitrogen and oxygen atoms in total. The first-order chi connectivity index (χ1) is 8.58. The van der Waals surface area contributed by atoms with E-state index >= 15 is 0 Å². The molecule has 1 aromatic heterocycles. The van der Waals surface area contributed by atoms with Gasteiger partial charge in [0.25, 0.3) is 5.91 Å². The molecule has 0 saturated carbocycles. The molecule has 8 heteroatoms. The number of halogens is 1. The quantitative estimate of drug-likeness (QED) is 0.881. The Morgan fingerprint density at radius 3 is 2.78 bits per heavy atom. The van der Waals surface area contributed by atoms with Crippen LogP contribution in [0.3, 0.4) is 0 Å². The largest absolute Gasteiger partial charge is 0.478 e. The molecule has 0 aliphatic carbocycles. The van der Waals surface area contributed by atoms with E-state index in [1.165, 1.54) is 5.38 Å². The predicted molar refractivity (Wildman–Crippen MR) is 61.2 cm³/mol. The van der Waals surface area contributed by atoms with Gasteiger partial charge in [0.15, 0.2) is 5.69 Å².